The highest BCUT2D eigenvalue weighted by molar-refractivity contribution is 5.79. The number of allylic oxidation sites excluding steroid dienone is 1. The van der Waals surface area contributed by atoms with E-state index in [2.05, 4.69) is 85.8 Å². The first-order valence-corrected chi connectivity index (χ1v) is 8.20. The highest BCUT2D eigenvalue weighted by atomic mass is 14.8. The molecule has 0 heterocycles. The zero-order chi connectivity index (χ0) is 16.6. The van der Waals surface area contributed by atoms with Crippen molar-refractivity contribution in [2.75, 3.05) is 0 Å². The van der Waals surface area contributed by atoms with Crippen molar-refractivity contribution in [3.63, 3.8) is 0 Å². The van der Waals surface area contributed by atoms with E-state index < -0.39 is 0 Å². The predicted molar refractivity (Wildman–Crippen MR) is 103 cm³/mol. The van der Waals surface area contributed by atoms with Crippen molar-refractivity contribution in [1.29, 1.82) is 0 Å². The first-order valence-electron chi connectivity index (χ1n) is 8.20. The van der Waals surface area contributed by atoms with Crippen LogP contribution >= 0.6 is 0 Å². The second-order valence-electron chi connectivity index (χ2n) is 5.74. The summed E-state index contributed by atoms with van der Waals surface area (Å²) < 4.78 is 0. The maximum absolute atomic E-state index is 4.80. The van der Waals surface area contributed by atoms with E-state index in [-0.39, 0.29) is 6.04 Å². The molecule has 3 aromatic rings. The average Bonchev–Trinajstić information content (AvgIpc) is 2.64. The third-order valence-electron chi connectivity index (χ3n) is 4.02. The molecule has 0 atom stereocenters. The first-order chi connectivity index (χ1) is 11.8. The van der Waals surface area contributed by atoms with Crippen molar-refractivity contribution >= 4 is 12.3 Å². The molecule has 0 unspecified atom stereocenters. The van der Waals surface area contributed by atoms with Crippen LogP contribution in [0.2, 0.25) is 0 Å². The lowest BCUT2D eigenvalue weighted by atomic mass is 9.99. The minimum Gasteiger partial charge on any atom is -0.280 e. The quantitative estimate of drug-likeness (QED) is 0.523. The first kappa shape index (κ1) is 15.9. The van der Waals surface area contributed by atoms with Gasteiger partial charge in [-0.15, -0.1) is 0 Å². The summed E-state index contributed by atoms with van der Waals surface area (Å²) in [4.78, 5) is 4.80. The molecule has 0 aliphatic heterocycles. The Morgan fingerprint density at radius 2 is 1.25 bits per heavy atom. The van der Waals surface area contributed by atoms with Crippen LogP contribution in [0, 0.1) is 6.92 Å². The van der Waals surface area contributed by atoms with Gasteiger partial charge in [-0.3, -0.25) is 4.99 Å². The van der Waals surface area contributed by atoms with Crippen LogP contribution in [0.5, 0.6) is 0 Å². The standard InChI is InChI=1S/C23H21N/c1-19-11-8-9-12-20(19)17-10-18-24-23(21-13-4-2-5-14-21)22-15-6-3-7-16-22/h2-18,23H,1H3. The molecule has 118 valence electrons. The Morgan fingerprint density at radius 3 is 1.83 bits per heavy atom. The summed E-state index contributed by atoms with van der Waals surface area (Å²) in [5.74, 6) is 0. The van der Waals surface area contributed by atoms with Gasteiger partial charge in [0.1, 0.15) is 0 Å². The molecule has 1 nitrogen and oxygen atoms in total. The molecular weight excluding hydrogens is 290 g/mol. The lowest BCUT2D eigenvalue weighted by Crippen LogP contribution is -1.97. The van der Waals surface area contributed by atoms with E-state index in [4.69, 9.17) is 4.99 Å². The molecule has 0 N–H and O–H groups in total. The second kappa shape index (κ2) is 8.07. The van der Waals surface area contributed by atoms with E-state index >= 15 is 0 Å². The lowest BCUT2D eigenvalue weighted by Gasteiger charge is -2.13. The SMILES string of the molecule is Cc1ccccc1C=CC=NC(c1ccccc1)c1ccccc1. The molecule has 3 rings (SSSR count). The van der Waals surface area contributed by atoms with E-state index in [1.807, 2.05) is 24.4 Å². The van der Waals surface area contributed by atoms with E-state index in [1.165, 1.54) is 22.3 Å². The molecule has 0 aliphatic rings. The van der Waals surface area contributed by atoms with Gasteiger partial charge in [0.2, 0.25) is 0 Å². The molecule has 0 amide bonds. The number of rotatable bonds is 5. The van der Waals surface area contributed by atoms with Crippen LogP contribution in [0.4, 0.5) is 0 Å². The zero-order valence-corrected chi connectivity index (χ0v) is 13.8. The van der Waals surface area contributed by atoms with Gasteiger partial charge in [0.25, 0.3) is 0 Å². The molecule has 3 aromatic carbocycles. The lowest BCUT2D eigenvalue weighted by molar-refractivity contribution is 0.879. The van der Waals surface area contributed by atoms with Crippen LogP contribution in [-0.4, -0.2) is 6.21 Å². The minimum absolute atomic E-state index is 0.0221. The van der Waals surface area contributed by atoms with Crippen molar-refractivity contribution in [3.8, 4) is 0 Å². The molecule has 0 saturated carbocycles. The van der Waals surface area contributed by atoms with Gasteiger partial charge in [0.05, 0.1) is 6.04 Å². The second-order valence-corrected chi connectivity index (χ2v) is 5.74. The van der Waals surface area contributed by atoms with Crippen molar-refractivity contribution in [3.05, 3.63) is 113 Å². The fourth-order valence-electron chi connectivity index (χ4n) is 2.69. The number of aryl methyl sites for hydroxylation is 1. The van der Waals surface area contributed by atoms with Gasteiger partial charge < -0.3 is 0 Å². The van der Waals surface area contributed by atoms with Crippen LogP contribution < -0.4 is 0 Å². The van der Waals surface area contributed by atoms with Crippen molar-refractivity contribution in [2.45, 2.75) is 13.0 Å². The molecular formula is C23H21N. The summed E-state index contributed by atoms with van der Waals surface area (Å²) in [6.07, 6.45) is 6.02. The molecule has 0 bridgehead atoms. The monoisotopic (exact) mass is 311 g/mol. The highest BCUT2D eigenvalue weighted by Crippen LogP contribution is 2.25. The molecule has 0 aliphatic carbocycles. The fourth-order valence-corrected chi connectivity index (χ4v) is 2.69. The smallest absolute Gasteiger partial charge is 0.0999 e. The van der Waals surface area contributed by atoms with Crippen molar-refractivity contribution < 1.29 is 0 Å². The Bertz CT molecular complexity index is 777. The third kappa shape index (κ3) is 4.08. The largest absolute Gasteiger partial charge is 0.280 e. The Balaban J connectivity index is 1.83. The van der Waals surface area contributed by atoms with Crippen LogP contribution in [0.3, 0.4) is 0 Å². The molecule has 1 heteroatoms. The van der Waals surface area contributed by atoms with Crippen LogP contribution in [-0.2, 0) is 0 Å². The van der Waals surface area contributed by atoms with Gasteiger partial charge in [-0.25, -0.2) is 0 Å². The van der Waals surface area contributed by atoms with Gasteiger partial charge in [-0.05, 0) is 35.3 Å². The Morgan fingerprint density at radius 1 is 0.708 bits per heavy atom. The maximum atomic E-state index is 4.80. The minimum atomic E-state index is 0.0221. The Kier molecular flexibility index (Phi) is 5.36. The number of hydrogen-bond donors (Lipinski definition) is 0. The van der Waals surface area contributed by atoms with Crippen molar-refractivity contribution in [1.82, 2.24) is 0 Å². The van der Waals surface area contributed by atoms with Crippen molar-refractivity contribution in [2.24, 2.45) is 4.99 Å². The van der Waals surface area contributed by atoms with Gasteiger partial charge in [-0.2, -0.15) is 0 Å². The van der Waals surface area contributed by atoms with Crippen LogP contribution in [0.25, 0.3) is 6.08 Å². The van der Waals surface area contributed by atoms with E-state index in [0.29, 0.717) is 0 Å². The summed E-state index contributed by atoms with van der Waals surface area (Å²) in [5.41, 5.74) is 4.89. The summed E-state index contributed by atoms with van der Waals surface area (Å²) in [7, 11) is 0. The highest BCUT2D eigenvalue weighted by Gasteiger charge is 2.10. The van der Waals surface area contributed by atoms with E-state index in [1.54, 1.807) is 0 Å². The molecule has 24 heavy (non-hydrogen) atoms. The summed E-state index contributed by atoms with van der Waals surface area (Å²) in [5, 5.41) is 0. The number of benzene rings is 3. The fraction of sp³-hybridized carbons (Fsp3) is 0.0870. The normalized spacial score (nSPS) is 11.6. The van der Waals surface area contributed by atoms with E-state index in [0.717, 1.165) is 0 Å². The maximum Gasteiger partial charge on any atom is 0.0999 e. The van der Waals surface area contributed by atoms with E-state index in [9.17, 15) is 0 Å². The summed E-state index contributed by atoms with van der Waals surface area (Å²) >= 11 is 0. The summed E-state index contributed by atoms with van der Waals surface area (Å²) in [6.45, 7) is 2.12. The average molecular weight is 311 g/mol. The van der Waals surface area contributed by atoms with Gasteiger partial charge in [-0.1, -0.05) is 91.0 Å². The predicted octanol–water partition coefficient (Wildman–Crippen LogP) is 5.87. The topological polar surface area (TPSA) is 12.4 Å². The van der Waals surface area contributed by atoms with Gasteiger partial charge in [0.15, 0.2) is 0 Å². The van der Waals surface area contributed by atoms with Gasteiger partial charge in [0, 0.05) is 6.21 Å². The number of aliphatic imine (C=N–C) groups is 1. The van der Waals surface area contributed by atoms with Crippen LogP contribution in [0.1, 0.15) is 28.3 Å². The molecule has 0 spiro atoms. The number of nitrogens with zero attached hydrogens (tertiary/aromatic N) is 1. The molecule has 0 saturated heterocycles. The Labute approximate surface area is 144 Å². The van der Waals surface area contributed by atoms with Gasteiger partial charge >= 0.3 is 0 Å². The summed E-state index contributed by atoms with van der Waals surface area (Å²) in [6, 6.07) is 29.2. The zero-order valence-electron chi connectivity index (χ0n) is 13.8. The third-order valence-corrected chi connectivity index (χ3v) is 4.02. The molecule has 0 fully saturated rings. The molecule has 0 radical (unpaired) electrons. The molecule has 0 aromatic heterocycles. The number of hydrogen-bond acceptors (Lipinski definition) is 1. The van der Waals surface area contributed by atoms with Crippen LogP contribution in [0.15, 0.2) is 96.0 Å². The Hall–Kier alpha value is -2.93.